The molecule has 0 aromatic rings. The van der Waals surface area contributed by atoms with Crippen molar-refractivity contribution in [3.8, 4) is 0 Å². The lowest BCUT2D eigenvalue weighted by Gasteiger charge is -2.24. The second-order valence-corrected chi connectivity index (χ2v) is 6.55. The van der Waals surface area contributed by atoms with Crippen molar-refractivity contribution in [3.05, 3.63) is 0 Å². The molecular weight excluding hydrogens is 240 g/mol. The molecular formula is C11H24N2O3S. The first-order valence-corrected chi connectivity index (χ1v) is 8.21. The molecule has 0 radical (unpaired) electrons. The van der Waals surface area contributed by atoms with Gasteiger partial charge in [-0.25, -0.2) is 13.1 Å². The maximum Gasteiger partial charge on any atom is 0.208 e. The van der Waals surface area contributed by atoms with Gasteiger partial charge in [0.05, 0.1) is 6.26 Å². The number of rotatable bonds is 8. The van der Waals surface area contributed by atoms with Crippen molar-refractivity contribution < 1.29 is 13.5 Å². The summed E-state index contributed by atoms with van der Waals surface area (Å²) in [6.07, 6.45) is 6.38. The van der Waals surface area contributed by atoms with Crippen molar-refractivity contribution in [2.45, 2.75) is 38.1 Å². The van der Waals surface area contributed by atoms with Crippen molar-refractivity contribution in [2.24, 2.45) is 0 Å². The molecule has 17 heavy (non-hydrogen) atoms. The molecule has 1 aliphatic heterocycles. The third-order valence-corrected chi connectivity index (χ3v) is 3.91. The third-order valence-electron chi connectivity index (χ3n) is 3.18. The molecule has 1 unspecified atom stereocenters. The van der Waals surface area contributed by atoms with E-state index < -0.39 is 10.0 Å². The minimum Gasteiger partial charge on any atom is -0.396 e. The molecule has 0 bridgehead atoms. The van der Waals surface area contributed by atoms with Gasteiger partial charge >= 0.3 is 0 Å². The average Bonchev–Trinajstić information content (AvgIpc) is 2.67. The summed E-state index contributed by atoms with van der Waals surface area (Å²) >= 11 is 0. The van der Waals surface area contributed by atoms with Gasteiger partial charge in [0.25, 0.3) is 0 Å². The molecule has 0 aromatic carbocycles. The van der Waals surface area contributed by atoms with Crippen LogP contribution in [0.3, 0.4) is 0 Å². The molecule has 1 rings (SSSR count). The van der Waals surface area contributed by atoms with E-state index in [0.717, 1.165) is 32.4 Å². The van der Waals surface area contributed by atoms with E-state index in [4.69, 9.17) is 5.11 Å². The molecule has 0 saturated carbocycles. The van der Waals surface area contributed by atoms with Crippen LogP contribution in [0.4, 0.5) is 0 Å². The van der Waals surface area contributed by atoms with E-state index in [1.54, 1.807) is 0 Å². The largest absolute Gasteiger partial charge is 0.396 e. The fourth-order valence-electron chi connectivity index (χ4n) is 2.38. The van der Waals surface area contributed by atoms with Crippen LogP contribution in [-0.4, -0.2) is 57.0 Å². The Hall–Kier alpha value is -0.170. The van der Waals surface area contributed by atoms with E-state index in [9.17, 15) is 8.42 Å². The number of nitrogens with one attached hydrogen (secondary N) is 1. The van der Waals surface area contributed by atoms with Gasteiger partial charge in [-0.2, -0.15) is 0 Å². The SMILES string of the molecule is CS(=O)(=O)NCCCN1CCCC1CCCO. The lowest BCUT2D eigenvalue weighted by atomic mass is 10.1. The van der Waals surface area contributed by atoms with Gasteiger partial charge in [0.15, 0.2) is 0 Å². The van der Waals surface area contributed by atoms with Crippen molar-refractivity contribution in [2.75, 3.05) is 32.5 Å². The van der Waals surface area contributed by atoms with Gasteiger partial charge in [-0.1, -0.05) is 0 Å². The van der Waals surface area contributed by atoms with E-state index in [1.807, 2.05) is 0 Å². The van der Waals surface area contributed by atoms with Crippen molar-refractivity contribution in [1.29, 1.82) is 0 Å². The zero-order chi connectivity index (χ0) is 12.7. The number of likely N-dealkylation sites (tertiary alicyclic amines) is 1. The Morgan fingerprint density at radius 1 is 1.41 bits per heavy atom. The monoisotopic (exact) mass is 264 g/mol. The molecule has 1 aliphatic rings. The Bertz CT molecular complexity index is 306. The normalized spacial score (nSPS) is 22.1. The molecule has 1 saturated heterocycles. The zero-order valence-corrected chi connectivity index (χ0v) is 11.4. The van der Waals surface area contributed by atoms with Crippen molar-refractivity contribution in [3.63, 3.8) is 0 Å². The standard InChI is InChI=1S/C11H24N2O3S/c1-17(15,16)12-7-4-9-13-8-2-5-11(13)6-3-10-14/h11-12,14H,2-10H2,1H3. The molecule has 5 nitrogen and oxygen atoms in total. The Morgan fingerprint density at radius 3 is 2.82 bits per heavy atom. The predicted molar refractivity (Wildman–Crippen MR) is 68.4 cm³/mol. The summed E-state index contributed by atoms with van der Waals surface area (Å²) in [4.78, 5) is 2.42. The number of hydrogen-bond donors (Lipinski definition) is 2. The van der Waals surface area contributed by atoms with Crippen molar-refractivity contribution >= 4 is 10.0 Å². The highest BCUT2D eigenvalue weighted by Crippen LogP contribution is 2.21. The summed E-state index contributed by atoms with van der Waals surface area (Å²) in [6, 6.07) is 0.584. The van der Waals surface area contributed by atoms with Gasteiger partial charge in [-0.15, -0.1) is 0 Å². The Balaban J connectivity index is 2.17. The van der Waals surface area contributed by atoms with E-state index in [1.165, 1.54) is 19.1 Å². The highest BCUT2D eigenvalue weighted by Gasteiger charge is 2.23. The summed E-state index contributed by atoms with van der Waals surface area (Å²) in [5.74, 6) is 0. The predicted octanol–water partition coefficient (Wildman–Crippen LogP) is 0.163. The summed E-state index contributed by atoms with van der Waals surface area (Å²) in [6.45, 7) is 2.83. The van der Waals surface area contributed by atoms with Crippen LogP contribution in [0.5, 0.6) is 0 Å². The van der Waals surface area contributed by atoms with Crippen molar-refractivity contribution in [1.82, 2.24) is 9.62 Å². The maximum atomic E-state index is 10.9. The quantitative estimate of drug-likeness (QED) is 0.613. The molecule has 1 fully saturated rings. The third kappa shape index (κ3) is 6.35. The summed E-state index contributed by atoms with van der Waals surface area (Å²) in [5, 5.41) is 8.82. The number of nitrogens with zero attached hydrogens (tertiary/aromatic N) is 1. The van der Waals surface area contributed by atoms with Gasteiger partial charge in [-0.3, -0.25) is 0 Å². The smallest absolute Gasteiger partial charge is 0.208 e. The molecule has 1 atom stereocenters. The van der Waals surface area contributed by atoms with Crippen LogP contribution in [0, 0.1) is 0 Å². The lowest BCUT2D eigenvalue weighted by molar-refractivity contribution is 0.215. The lowest BCUT2D eigenvalue weighted by Crippen LogP contribution is -2.33. The molecule has 0 aromatic heterocycles. The van der Waals surface area contributed by atoms with Crippen LogP contribution in [0.15, 0.2) is 0 Å². The highest BCUT2D eigenvalue weighted by molar-refractivity contribution is 7.88. The zero-order valence-electron chi connectivity index (χ0n) is 10.6. The molecule has 1 heterocycles. The number of aliphatic hydroxyl groups excluding tert-OH is 1. The Labute approximate surface area is 104 Å². The molecule has 102 valence electrons. The summed E-state index contributed by atoms with van der Waals surface area (Å²) in [7, 11) is -3.05. The van der Waals surface area contributed by atoms with Gasteiger partial charge in [0.2, 0.25) is 10.0 Å². The number of aliphatic hydroxyl groups is 1. The van der Waals surface area contributed by atoms with Crippen LogP contribution in [-0.2, 0) is 10.0 Å². The van der Waals surface area contributed by atoms with Crippen LogP contribution in [0.25, 0.3) is 0 Å². The first-order valence-electron chi connectivity index (χ1n) is 6.32. The van der Waals surface area contributed by atoms with Crippen LogP contribution < -0.4 is 4.72 Å². The first-order chi connectivity index (χ1) is 8.03. The van der Waals surface area contributed by atoms with Gasteiger partial charge in [-0.05, 0) is 45.2 Å². The second kappa shape index (κ2) is 7.31. The fourth-order valence-corrected chi connectivity index (χ4v) is 2.90. The fraction of sp³-hybridized carbons (Fsp3) is 1.00. The molecule has 6 heteroatoms. The van der Waals surface area contributed by atoms with Crippen LogP contribution in [0.1, 0.15) is 32.1 Å². The van der Waals surface area contributed by atoms with Crippen LogP contribution in [0.2, 0.25) is 0 Å². The summed E-state index contributed by atoms with van der Waals surface area (Å²) < 4.78 is 24.3. The first kappa shape index (κ1) is 14.9. The minimum absolute atomic E-state index is 0.264. The van der Waals surface area contributed by atoms with E-state index in [2.05, 4.69) is 9.62 Å². The number of hydrogen-bond acceptors (Lipinski definition) is 4. The van der Waals surface area contributed by atoms with Gasteiger partial charge < -0.3 is 10.0 Å². The van der Waals surface area contributed by atoms with Gasteiger partial charge in [0, 0.05) is 19.2 Å². The summed E-state index contributed by atoms with van der Waals surface area (Å²) in [5.41, 5.74) is 0. The van der Waals surface area contributed by atoms with E-state index in [-0.39, 0.29) is 6.61 Å². The number of sulfonamides is 1. The molecule has 0 aliphatic carbocycles. The van der Waals surface area contributed by atoms with E-state index in [0.29, 0.717) is 12.6 Å². The minimum atomic E-state index is -3.05. The topological polar surface area (TPSA) is 69.6 Å². The van der Waals surface area contributed by atoms with Crippen LogP contribution >= 0.6 is 0 Å². The second-order valence-electron chi connectivity index (χ2n) is 4.72. The Kier molecular flexibility index (Phi) is 6.40. The molecule has 2 N–H and O–H groups in total. The average molecular weight is 264 g/mol. The molecule has 0 amide bonds. The highest BCUT2D eigenvalue weighted by atomic mass is 32.2. The maximum absolute atomic E-state index is 10.9. The van der Waals surface area contributed by atoms with E-state index >= 15 is 0 Å². The Morgan fingerprint density at radius 2 is 2.18 bits per heavy atom. The molecule has 0 spiro atoms. The van der Waals surface area contributed by atoms with Gasteiger partial charge in [0.1, 0.15) is 0 Å².